The summed E-state index contributed by atoms with van der Waals surface area (Å²) in [5, 5.41) is 3.77. The molecule has 1 aromatic rings. The van der Waals surface area contributed by atoms with E-state index in [0.29, 0.717) is 6.04 Å². The van der Waals surface area contributed by atoms with Gasteiger partial charge in [-0.25, -0.2) is 0 Å². The van der Waals surface area contributed by atoms with Crippen LogP contribution in [0.2, 0.25) is 0 Å². The van der Waals surface area contributed by atoms with Crippen molar-refractivity contribution in [1.82, 2.24) is 4.90 Å². The number of hydrogen-bond acceptors (Lipinski definition) is 2. The average Bonchev–Trinajstić information content (AvgIpc) is 2.42. The fourth-order valence-corrected chi connectivity index (χ4v) is 3.96. The summed E-state index contributed by atoms with van der Waals surface area (Å²) in [5.74, 6) is 0.756. The van der Waals surface area contributed by atoms with E-state index in [1.807, 2.05) is 0 Å². The van der Waals surface area contributed by atoms with Crippen LogP contribution in [0.15, 0.2) is 16.6 Å². The Morgan fingerprint density at radius 2 is 2.00 bits per heavy atom. The monoisotopic (exact) mass is 338 g/mol. The third-order valence-electron chi connectivity index (χ3n) is 4.57. The van der Waals surface area contributed by atoms with Crippen LogP contribution in [0.5, 0.6) is 0 Å². The summed E-state index contributed by atoms with van der Waals surface area (Å²) in [6, 6.07) is 4.92. The van der Waals surface area contributed by atoms with Gasteiger partial charge in [-0.15, -0.1) is 0 Å². The van der Waals surface area contributed by atoms with Crippen molar-refractivity contribution in [2.45, 2.75) is 46.6 Å². The van der Waals surface area contributed by atoms with Gasteiger partial charge in [0.15, 0.2) is 0 Å². The highest BCUT2D eigenvalue weighted by Crippen LogP contribution is 2.28. The molecule has 0 bridgehead atoms. The lowest BCUT2D eigenvalue weighted by atomic mass is 9.91. The summed E-state index contributed by atoms with van der Waals surface area (Å²) in [6.45, 7) is 12.7. The number of nitrogens with zero attached hydrogens (tertiary/aromatic N) is 1. The highest BCUT2D eigenvalue weighted by molar-refractivity contribution is 9.10. The molecule has 2 unspecified atom stereocenters. The first-order valence-corrected chi connectivity index (χ1v) is 8.56. The van der Waals surface area contributed by atoms with Crippen molar-refractivity contribution >= 4 is 21.6 Å². The van der Waals surface area contributed by atoms with Crippen molar-refractivity contribution in [2.75, 3.05) is 25.0 Å². The summed E-state index contributed by atoms with van der Waals surface area (Å²) < 4.78 is 1.17. The summed E-state index contributed by atoms with van der Waals surface area (Å²) in [6.07, 6.45) is 2.68. The molecule has 20 heavy (non-hydrogen) atoms. The summed E-state index contributed by atoms with van der Waals surface area (Å²) in [5.41, 5.74) is 3.97. The van der Waals surface area contributed by atoms with Crippen LogP contribution in [-0.2, 0) is 0 Å². The second-order valence-electron chi connectivity index (χ2n) is 6.14. The third kappa shape index (κ3) is 3.76. The van der Waals surface area contributed by atoms with Crippen molar-refractivity contribution in [3.8, 4) is 0 Å². The van der Waals surface area contributed by atoms with Gasteiger partial charge in [0, 0.05) is 22.7 Å². The molecule has 112 valence electrons. The molecule has 1 N–H and O–H groups in total. The van der Waals surface area contributed by atoms with Crippen LogP contribution in [0.1, 0.15) is 37.8 Å². The van der Waals surface area contributed by atoms with Gasteiger partial charge in [0.2, 0.25) is 0 Å². The first-order valence-electron chi connectivity index (χ1n) is 7.77. The molecule has 2 atom stereocenters. The molecule has 0 aliphatic carbocycles. The van der Waals surface area contributed by atoms with Crippen LogP contribution in [0, 0.1) is 19.8 Å². The number of halogens is 1. The van der Waals surface area contributed by atoms with Gasteiger partial charge in [-0.2, -0.15) is 0 Å². The van der Waals surface area contributed by atoms with Crippen molar-refractivity contribution in [3.63, 3.8) is 0 Å². The number of benzene rings is 1. The van der Waals surface area contributed by atoms with Gasteiger partial charge in [-0.05, 0) is 75.9 Å². The number of nitrogens with one attached hydrogen (secondary N) is 1. The van der Waals surface area contributed by atoms with E-state index in [-0.39, 0.29) is 0 Å². The van der Waals surface area contributed by atoms with E-state index in [4.69, 9.17) is 0 Å². The second kappa shape index (κ2) is 6.95. The molecule has 2 nitrogen and oxygen atoms in total. The van der Waals surface area contributed by atoms with E-state index in [2.05, 4.69) is 66.0 Å². The summed E-state index contributed by atoms with van der Waals surface area (Å²) in [4.78, 5) is 2.58. The maximum atomic E-state index is 3.77. The molecule has 0 radical (unpaired) electrons. The van der Waals surface area contributed by atoms with E-state index in [1.165, 1.54) is 53.8 Å². The highest BCUT2D eigenvalue weighted by atomic mass is 79.9. The maximum Gasteiger partial charge on any atom is 0.0402 e. The Labute approximate surface area is 132 Å². The topological polar surface area (TPSA) is 15.3 Å². The SMILES string of the molecule is CCN1CCCC(C(C)Nc2c(C)cc(Br)cc2C)C1. The molecule has 3 heteroatoms. The Balaban J connectivity index is 2.06. The number of rotatable bonds is 4. The van der Waals surface area contributed by atoms with Gasteiger partial charge < -0.3 is 10.2 Å². The van der Waals surface area contributed by atoms with Gasteiger partial charge in [-0.1, -0.05) is 22.9 Å². The van der Waals surface area contributed by atoms with Crippen LogP contribution in [0.3, 0.4) is 0 Å². The minimum absolute atomic E-state index is 0.530. The van der Waals surface area contributed by atoms with E-state index in [0.717, 1.165) is 5.92 Å². The number of anilines is 1. The van der Waals surface area contributed by atoms with Crippen LogP contribution in [-0.4, -0.2) is 30.6 Å². The number of aryl methyl sites for hydroxylation is 2. The van der Waals surface area contributed by atoms with Crippen LogP contribution < -0.4 is 5.32 Å². The first-order chi connectivity index (χ1) is 9.51. The minimum Gasteiger partial charge on any atom is -0.382 e. The largest absolute Gasteiger partial charge is 0.382 e. The molecule has 0 spiro atoms. The van der Waals surface area contributed by atoms with Crippen molar-refractivity contribution < 1.29 is 0 Å². The first kappa shape index (κ1) is 15.8. The molecule has 2 rings (SSSR count). The van der Waals surface area contributed by atoms with Gasteiger partial charge in [0.1, 0.15) is 0 Å². The third-order valence-corrected chi connectivity index (χ3v) is 5.02. The molecule has 1 aliphatic rings. The van der Waals surface area contributed by atoms with E-state index in [1.54, 1.807) is 0 Å². The fourth-order valence-electron chi connectivity index (χ4n) is 3.27. The Hall–Kier alpha value is -0.540. The molecule has 1 heterocycles. The zero-order valence-electron chi connectivity index (χ0n) is 13.2. The molecule has 1 saturated heterocycles. The second-order valence-corrected chi connectivity index (χ2v) is 7.06. The molecule has 0 aromatic heterocycles. The number of piperidine rings is 1. The molecule has 1 aromatic carbocycles. The Kier molecular flexibility index (Phi) is 5.50. The highest BCUT2D eigenvalue weighted by Gasteiger charge is 2.24. The quantitative estimate of drug-likeness (QED) is 0.863. The Morgan fingerprint density at radius 1 is 1.35 bits per heavy atom. The summed E-state index contributed by atoms with van der Waals surface area (Å²) in [7, 11) is 0. The van der Waals surface area contributed by atoms with E-state index < -0.39 is 0 Å². The number of likely N-dealkylation sites (tertiary alicyclic amines) is 1. The minimum atomic E-state index is 0.530. The molecular weight excluding hydrogens is 312 g/mol. The van der Waals surface area contributed by atoms with E-state index in [9.17, 15) is 0 Å². The summed E-state index contributed by atoms with van der Waals surface area (Å²) >= 11 is 3.57. The molecule has 0 saturated carbocycles. The normalized spacial score (nSPS) is 21.8. The zero-order valence-corrected chi connectivity index (χ0v) is 14.8. The predicted molar refractivity (Wildman–Crippen MR) is 91.5 cm³/mol. The van der Waals surface area contributed by atoms with Crippen molar-refractivity contribution in [2.24, 2.45) is 5.92 Å². The number of hydrogen-bond donors (Lipinski definition) is 1. The average molecular weight is 339 g/mol. The molecule has 1 fully saturated rings. The van der Waals surface area contributed by atoms with Gasteiger partial charge in [0.05, 0.1) is 0 Å². The van der Waals surface area contributed by atoms with Crippen molar-refractivity contribution in [1.29, 1.82) is 0 Å². The van der Waals surface area contributed by atoms with Gasteiger partial charge in [0.25, 0.3) is 0 Å². The van der Waals surface area contributed by atoms with Gasteiger partial charge in [-0.3, -0.25) is 0 Å². The lowest BCUT2D eigenvalue weighted by Gasteiger charge is -2.36. The van der Waals surface area contributed by atoms with Crippen LogP contribution in [0.4, 0.5) is 5.69 Å². The Bertz CT molecular complexity index is 435. The fraction of sp³-hybridized carbons (Fsp3) is 0.647. The predicted octanol–water partition coefficient (Wildman–Crippen LogP) is 4.60. The molecular formula is C17H27BrN2. The lowest BCUT2D eigenvalue weighted by molar-refractivity contribution is 0.172. The Morgan fingerprint density at radius 3 is 2.60 bits per heavy atom. The maximum absolute atomic E-state index is 3.77. The van der Waals surface area contributed by atoms with Gasteiger partial charge >= 0.3 is 0 Å². The molecule has 1 aliphatic heterocycles. The molecule has 0 amide bonds. The standard InChI is InChI=1S/C17H27BrN2/c1-5-20-8-6-7-15(11-20)14(4)19-17-12(2)9-16(18)10-13(17)3/h9-10,14-15,19H,5-8,11H2,1-4H3. The lowest BCUT2D eigenvalue weighted by Crippen LogP contribution is -2.41. The van der Waals surface area contributed by atoms with Crippen molar-refractivity contribution in [3.05, 3.63) is 27.7 Å². The van der Waals surface area contributed by atoms with E-state index >= 15 is 0 Å². The zero-order chi connectivity index (χ0) is 14.7. The van der Waals surface area contributed by atoms with Crippen LogP contribution >= 0.6 is 15.9 Å². The van der Waals surface area contributed by atoms with Crippen LogP contribution in [0.25, 0.3) is 0 Å². The smallest absolute Gasteiger partial charge is 0.0402 e.